The fourth-order valence-corrected chi connectivity index (χ4v) is 3.18. The van der Waals surface area contributed by atoms with Gasteiger partial charge in [-0.3, -0.25) is 9.59 Å². The fraction of sp³-hybridized carbons (Fsp3) is 0.857. The number of methoxy groups -OCH3 is 1. The number of carbonyl (C=O) groups excluding carboxylic acids is 2. The third-order valence-corrected chi connectivity index (χ3v) is 4.44. The minimum atomic E-state index is -0.525. The molecule has 2 aliphatic heterocycles. The molecule has 2 rings (SSSR count). The molecule has 0 aromatic heterocycles. The lowest BCUT2D eigenvalue weighted by Gasteiger charge is -2.31. The number of hydrogen-bond donors (Lipinski definition) is 1. The van der Waals surface area contributed by atoms with Crippen LogP contribution in [0.4, 0.5) is 0 Å². The minimum Gasteiger partial charge on any atom is -0.469 e. The van der Waals surface area contributed by atoms with Crippen LogP contribution in [0.1, 0.15) is 33.1 Å². The van der Waals surface area contributed by atoms with Gasteiger partial charge in [0, 0.05) is 25.0 Å². The molecule has 0 aromatic carbocycles. The average molecular weight is 305 g/mol. The summed E-state index contributed by atoms with van der Waals surface area (Å²) in [6, 6.07) is 0.400. The molecule has 1 N–H and O–H groups in total. The van der Waals surface area contributed by atoms with Crippen LogP contribution in [0, 0.1) is 11.3 Å². The summed E-state index contributed by atoms with van der Waals surface area (Å²) in [5.41, 5.74) is -0.525. The highest BCUT2D eigenvalue weighted by atomic mass is 35.5. The van der Waals surface area contributed by atoms with Gasteiger partial charge in [0.2, 0.25) is 5.91 Å². The van der Waals surface area contributed by atoms with Gasteiger partial charge in [0.05, 0.1) is 12.5 Å². The molecule has 2 aliphatic rings. The van der Waals surface area contributed by atoms with Crippen molar-refractivity contribution in [3.63, 3.8) is 0 Å². The van der Waals surface area contributed by atoms with Crippen molar-refractivity contribution in [2.75, 3.05) is 26.7 Å². The Hall–Kier alpha value is -0.810. The number of halogens is 1. The standard InChI is InChI=1S/C14H24N2O3.ClH/c1-10-8-11(4-6-15-10)12(17)16-7-5-14(2,9-16)13(18)19-3;/h10-11,15H,4-9H2,1-3H3;1H/t10-,11-,14?;/m0./s1. The number of rotatable bonds is 2. The van der Waals surface area contributed by atoms with Crippen molar-refractivity contribution in [2.45, 2.75) is 39.2 Å². The van der Waals surface area contributed by atoms with Crippen molar-refractivity contribution in [2.24, 2.45) is 11.3 Å². The number of esters is 1. The van der Waals surface area contributed by atoms with Gasteiger partial charge >= 0.3 is 5.97 Å². The van der Waals surface area contributed by atoms with Crippen LogP contribution in [-0.4, -0.2) is 49.6 Å². The van der Waals surface area contributed by atoms with Crippen molar-refractivity contribution >= 4 is 24.3 Å². The molecule has 0 bridgehead atoms. The second-order valence-corrected chi connectivity index (χ2v) is 6.14. The summed E-state index contributed by atoms with van der Waals surface area (Å²) in [6.07, 6.45) is 2.49. The Morgan fingerprint density at radius 1 is 1.40 bits per heavy atom. The van der Waals surface area contributed by atoms with E-state index in [-0.39, 0.29) is 30.2 Å². The summed E-state index contributed by atoms with van der Waals surface area (Å²) in [4.78, 5) is 26.1. The number of nitrogens with one attached hydrogen (secondary N) is 1. The lowest BCUT2D eigenvalue weighted by atomic mass is 9.89. The maximum Gasteiger partial charge on any atom is 0.313 e. The van der Waals surface area contributed by atoms with Crippen molar-refractivity contribution < 1.29 is 14.3 Å². The first-order valence-corrected chi connectivity index (χ1v) is 7.07. The van der Waals surface area contributed by atoms with E-state index in [1.54, 1.807) is 0 Å². The Balaban J connectivity index is 0.00000200. The summed E-state index contributed by atoms with van der Waals surface area (Å²) >= 11 is 0. The van der Waals surface area contributed by atoms with E-state index in [9.17, 15) is 9.59 Å². The van der Waals surface area contributed by atoms with Gasteiger partial charge in [-0.25, -0.2) is 0 Å². The zero-order valence-corrected chi connectivity index (χ0v) is 13.3. The van der Waals surface area contributed by atoms with Gasteiger partial charge in [-0.2, -0.15) is 0 Å². The molecule has 0 radical (unpaired) electrons. The Labute approximate surface area is 126 Å². The lowest BCUT2D eigenvalue weighted by molar-refractivity contribution is -0.151. The molecule has 2 saturated heterocycles. The second kappa shape index (κ2) is 6.76. The highest BCUT2D eigenvalue weighted by molar-refractivity contribution is 5.85. The summed E-state index contributed by atoms with van der Waals surface area (Å²) in [7, 11) is 1.41. The SMILES string of the molecule is COC(=O)C1(C)CCN(C(=O)[C@H]2CCN[C@@H](C)C2)C1.Cl. The van der Waals surface area contributed by atoms with E-state index in [1.165, 1.54) is 7.11 Å². The van der Waals surface area contributed by atoms with Gasteiger partial charge in [0.15, 0.2) is 0 Å². The van der Waals surface area contributed by atoms with Crippen molar-refractivity contribution in [3.8, 4) is 0 Å². The van der Waals surface area contributed by atoms with Crippen LogP contribution in [0.25, 0.3) is 0 Å². The van der Waals surface area contributed by atoms with E-state index in [2.05, 4.69) is 12.2 Å². The predicted molar refractivity (Wildman–Crippen MR) is 78.8 cm³/mol. The maximum absolute atomic E-state index is 12.5. The highest BCUT2D eigenvalue weighted by Crippen LogP contribution is 2.33. The number of hydrogen-bond acceptors (Lipinski definition) is 4. The van der Waals surface area contributed by atoms with Crippen LogP contribution in [-0.2, 0) is 14.3 Å². The van der Waals surface area contributed by atoms with Crippen LogP contribution < -0.4 is 5.32 Å². The lowest BCUT2D eigenvalue weighted by Crippen LogP contribution is -2.44. The van der Waals surface area contributed by atoms with E-state index < -0.39 is 5.41 Å². The van der Waals surface area contributed by atoms with Crippen LogP contribution in [0.5, 0.6) is 0 Å². The molecule has 1 unspecified atom stereocenters. The summed E-state index contributed by atoms with van der Waals surface area (Å²) < 4.78 is 4.84. The molecule has 2 fully saturated rings. The quantitative estimate of drug-likeness (QED) is 0.779. The zero-order valence-electron chi connectivity index (χ0n) is 12.5. The molecular weight excluding hydrogens is 280 g/mol. The molecule has 0 aliphatic carbocycles. The molecular formula is C14H25ClN2O3. The average Bonchev–Trinajstić information content (AvgIpc) is 2.81. The van der Waals surface area contributed by atoms with Crippen LogP contribution in [0.2, 0.25) is 0 Å². The minimum absolute atomic E-state index is 0. The van der Waals surface area contributed by atoms with E-state index in [0.29, 0.717) is 25.6 Å². The van der Waals surface area contributed by atoms with Gasteiger partial charge in [-0.15, -0.1) is 12.4 Å². The monoisotopic (exact) mass is 304 g/mol. The molecule has 116 valence electrons. The normalized spacial score (nSPS) is 33.5. The van der Waals surface area contributed by atoms with Crippen LogP contribution in [0.15, 0.2) is 0 Å². The number of nitrogens with zero attached hydrogens (tertiary/aromatic N) is 1. The van der Waals surface area contributed by atoms with E-state index in [1.807, 2.05) is 11.8 Å². The number of piperidine rings is 1. The van der Waals surface area contributed by atoms with Crippen molar-refractivity contribution in [3.05, 3.63) is 0 Å². The molecule has 1 amide bonds. The number of likely N-dealkylation sites (tertiary alicyclic amines) is 1. The van der Waals surface area contributed by atoms with Gasteiger partial charge in [-0.05, 0) is 39.7 Å². The molecule has 0 spiro atoms. The summed E-state index contributed by atoms with van der Waals surface area (Å²) in [6.45, 7) is 6.07. The van der Waals surface area contributed by atoms with Crippen LogP contribution >= 0.6 is 12.4 Å². The molecule has 6 heteroatoms. The second-order valence-electron chi connectivity index (χ2n) is 6.14. The van der Waals surface area contributed by atoms with Gasteiger partial charge in [-0.1, -0.05) is 0 Å². The number of carbonyl (C=O) groups is 2. The Morgan fingerprint density at radius 2 is 2.10 bits per heavy atom. The molecule has 0 aromatic rings. The number of ether oxygens (including phenoxy) is 1. The predicted octanol–water partition coefficient (Wildman–Crippen LogP) is 1.21. The van der Waals surface area contributed by atoms with E-state index >= 15 is 0 Å². The van der Waals surface area contributed by atoms with Crippen molar-refractivity contribution in [1.29, 1.82) is 0 Å². The first-order valence-electron chi connectivity index (χ1n) is 7.07. The Kier molecular flexibility index (Phi) is 5.83. The first kappa shape index (κ1) is 17.2. The van der Waals surface area contributed by atoms with Crippen molar-refractivity contribution in [1.82, 2.24) is 10.2 Å². The van der Waals surface area contributed by atoms with E-state index in [4.69, 9.17) is 4.74 Å². The van der Waals surface area contributed by atoms with Gasteiger partial charge in [0.25, 0.3) is 0 Å². The molecule has 20 heavy (non-hydrogen) atoms. The molecule has 0 saturated carbocycles. The molecule has 2 heterocycles. The van der Waals surface area contributed by atoms with Gasteiger partial charge < -0.3 is 15.0 Å². The zero-order chi connectivity index (χ0) is 14.0. The maximum atomic E-state index is 12.5. The first-order chi connectivity index (χ1) is 8.96. The highest BCUT2D eigenvalue weighted by Gasteiger charge is 2.44. The molecule has 3 atom stereocenters. The number of amides is 1. The third kappa shape index (κ3) is 3.44. The Morgan fingerprint density at radius 3 is 2.70 bits per heavy atom. The van der Waals surface area contributed by atoms with E-state index in [0.717, 1.165) is 19.4 Å². The third-order valence-electron chi connectivity index (χ3n) is 4.44. The summed E-state index contributed by atoms with van der Waals surface area (Å²) in [5.74, 6) is 0.110. The Bertz CT molecular complexity index is 377. The summed E-state index contributed by atoms with van der Waals surface area (Å²) in [5, 5.41) is 3.36. The van der Waals surface area contributed by atoms with Gasteiger partial charge in [0.1, 0.15) is 0 Å². The molecule has 5 nitrogen and oxygen atoms in total. The van der Waals surface area contributed by atoms with Crippen LogP contribution in [0.3, 0.4) is 0 Å². The smallest absolute Gasteiger partial charge is 0.313 e. The topological polar surface area (TPSA) is 58.6 Å². The fourth-order valence-electron chi connectivity index (χ4n) is 3.18. The largest absolute Gasteiger partial charge is 0.469 e.